The maximum atomic E-state index is 5.09. The molecule has 0 spiro atoms. The molecule has 0 amide bonds. The predicted molar refractivity (Wildman–Crippen MR) is 105 cm³/mol. The minimum atomic E-state index is 0. The van der Waals surface area contributed by atoms with Gasteiger partial charge in [-0.15, -0.1) is 24.0 Å². The fraction of sp³-hybridized carbons (Fsp3) is 0.938. The molecule has 6 heteroatoms. The average molecular weight is 426 g/mol. The molecule has 1 saturated heterocycles. The zero-order valence-corrected chi connectivity index (χ0v) is 17.3. The third-order valence-electron chi connectivity index (χ3n) is 4.06. The van der Waals surface area contributed by atoms with Crippen molar-refractivity contribution in [3.63, 3.8) is 0 Å². The largest absolute Gasteiger partial charge is 0.383 e. The van der Waals surface area contributed by atoms with Gasteiger partial charge in [0.2, 0.25) is 0 Å². The molecule has 0 aromatic rings. The number of hydrogen-bond donors (Lipinski definition) is 1. The number of ether oxygens (including phenoxy) is 1. The Morgan fingerprint density at radius 3 is 2.73 bits per heavy atom. The first kappa shape index (κ1) is 21.9. The summed E-state index contributed by atoms with van der Waals surface area (Å²) >= 11 is 0. The number of halogens is 1. The van der Waals surface area contributed by atoms with Crippen LogP contribution in [0.15, 0.2) is 4.99 Å². The molecule has 0 aromatic carbocycles. The smallest absolute Gasteiger partial charge is 0.193 e. The zero-order chi connectivity index (χ0) is 15.7. The Morgan fingerprint density at radius 1 is 1.41 bits per heavy atom. The Labute approximate surface area is 153 Å². The highest BCUT2D eigenvalue weighted by Gasteiger charge is 2.25. The fourth-order valence-corrected chi connectivity index (χ4v) is 2.93. The van der Waals surface area contributed by atoms with Crippen molar-refractivity contribution in [3.8, 4) is 0 Å². The van der Waals surface area contributed by atoms with Crippen LogP contribution in [0, 0.1) is 11.8 Å². The Morgan fingerprint density at radius 2 is 2.14 bits per heavy atom. The second kappa shape index (κ2) is 12.4. The number of nitrogens with one attached hydrogen (secondary N) is 1. The summed E-state index contributed by atoms with van der Waals surface area (Å²) in [6.07, 6.45) is 2.62. The third-order valence-corrected chi connectivity index (χ3v) is 4.06. The minimum absolute atomic E-state index is 0. The summed E-state index contributed by atoms with van der Waals surface area (Å²) in [5.74, 6) is 2.67. The van der Waals surface area contributed by atoms with Gasteiger partial charge in [0.25, 0.3) is 0 Å². The minimum Gasteiger partial charge on any atom is -0.383 e. The monoisotopic (exact) mass is 426 g/mol. The fourth-order valence-electron chi connectivity index (χ4n) is 2.93. The van der Waals surface area contributed by atoms with E-state index in [1.54, 1.807) is 7.11 Å². The highest BCUT2D eigenvalue weighted by atomic mass is 127. The summed E-state index contributed by atoms with van der Waals surface area (Å²) in [5.41, 5.74) is 0. The first-order chi connectivity index (χ1) is 10.1. The lowest BCUT2D eigenvalue weighted by Gasteiger charge is -2.23. The molecule has 1 N–H and O–H groups in total. The van der Waals surface area contributed by atoms with Gasteiger partial charge >= 0.3 is 0 Å². The second-order valence-corrected chi connectivity index (χ2v) is 6.50. The summed E-state index contributed by atoms with van der Waals surface area (Å²) < 4.78 is 5.09. The summed E-state index contributed by atoms with van der Waals surface area (Å²) in [7, 11) is 5.75. The van der Waals surface area contributed by atoms with E-state index < -0.39 is 0 Å². The van der Waals surface area contributed by atoms with Crippen LogP contribution in [-0.2, 0) is 4.74 Å². The Kier molecular flexibility index (Phi) is 12.3. The van der Waals surface area contributed by atoms with Crippen molar-refractivity contribution in [1.29, 1.82) is 0 Å². The molecule has 1 atom stereocenters. The van der Waals surface area contributed by atoms with E-state index >= 15 is 0 Å². The van der Waals surface area contributed by atoms with Gasteiger partial charge in [-0.1, -0.05) is 13.8 Å². The lowest BCUT2D eigenvalue weighted by Crippen LogP contribution is -2.43. The number of hydrogen-bond acceptors (Lipinski definition) is 3. The molecule has 0 bridgehead atoms. The lowest BCUT2D eigenvalue weighted by molar-refractivity contribution is 0.162. The van der Waals surface area contributed by atoms with Gasteiger partial charge in [-0.25, -0.2) is 0 Å². The molecule has 1 rings (SSSR count). The van der Waals surface area contributed by atoms with Crippen LogP contribution >= 0.6 is 24.0 Å². The molecule has 5 nitrogen and oxygen atoms in total. The van der Waals surface area contributed by atoms with Gasteiger partial charge in [0.15, 0.2) is 5.96 Å². The highest BCUT2D eigenvalue weighted by molar-refractivity contribution is 14.0. The normalized spacial score (nSPS) is 19.0. The Hall–Kier alpha value is -0.0800. The van der Waals surface area contributed by atoms with E-state index in [-0.39, 0.29) is 24.0 Å². The summed E-state index contributed by atoms with van der Waals surface area (Å²) in [5, 5.41) is 3.49. The number of nitrogens with zero attached hydrogens (tertiary/aromatic N) is 3. The summed E-state index contributed by atoms with van der Waals surface area (Å²) in [6, 6.07) is 0. The topological polar surface area (TPSA) is 40.1 Å². The first-order valence-electron chi connectivity index (χ1n) is 8.19. The van der Waals surface area contributed by atoms with E-state index in [2.05, 4.69) is 41.0 Å². The molecule has 1 aliphatic rings. The number of likely N-dealkylation sites (N-methyl/N-ethyl adjacent to an activating group) is 1. The maximum absolute atomic E-state index is 5.09. The summed E-state index contributed by atoms with van der Waals surface area (Å²) in [4.78, 5) is 9.11. The van der Waals surface area contributed by atoms with Gasteiger partial charge in [-0.05, 0) is 31.7 Å². The number of likely N-dealkylation sites (tertiary alicyclic amines) is 1. The standard InChI is InChI=1S/C16H34N4O.HI/c1-14(2)12-15-6-8-20(13-15)16(17-3)18-7-9-19(4)10-11-21-5;/h14-15H,6-13H2,1-5H3,(H,17,18);1H. The van der Waals surface area contributed by atoms with E-state index in [1.165, 1.54) is 12.8 Å². The van der Waals surface area contributed by atoms with Crippen LogP contribution in [0.25, 0.3) is 0 Å². The van der Waals surface area contributed by atoms with Crippen molar-refractivity contribution in [1.82, 2.24) is 15.1 Å². The maximum Gasteiger partial charge on any atom is 0.193 e. The lowest BCUT2D eigenvalue weighted by atomic mass is 9.97. The quantitative estimate of drug-likeness (QED) is 0.367. The average Bonchev–Trinajstić information content (AvgIpc) is 2.88. The molecule has 1 aliphatic heterocycles. The molecule has 0 aliphatic carbocycles. The van der Waals surface area contributed by atoms with Crippen molar-refractivity contribution in [2.24, 2.45) is 16.8 Å². The van der Waals surface area contributed by atoms with Crippen LogP contribution in [0.5, 0.6) is 0 Å². The van der Waals surface area contributed by atoms with Crippen LogP contribution in [0.2, 0.25) is 0 Å². The number of guanidine groups is 1. The third kappa shape index (κ3) is 8.53. The van der Waals surface area contributed by atoms with E-state index in [4.69, 9.17) is 4.74 Å². The van der Waals surface area contributed by atoms with Crippen LogP contribution in [0.4, 0.5) is 0 Å². The molecule has 1 heterocycles. The molecule has 0 radical (unpaired) electrons. The molecule has 0 aromatic heterocycles. The van der Waals surface area contributed by atoms with E-state index in [0.717, 1.165) is 57.1 Å². The molecule has 1 unspecified atom stereocenters. The van der Waals surface area contributed by atoms with Gasteiger partial charge < -0.3 is 19.9 Å². The van der Waals surface area contributed by atoms with Gasteiger partial charge in [-0.2, -0.15) is 0 Å². The van der Waals surface area contributed by atoms with Crippen molar-refractivity contribution in [3.05, 3.63) is 0 Å². The van der Waals surface area contributed by atoms with E-state index in [1.807, 2.05) is 7.05 Å². The molecule has 22 heavy (non-hydrogen) atoms. The molecule has 0 saturated carbocycles. The molecular weight excluding hydrogens is 391 g/mol. The van der Waals surface area contributed by atoms with Crippen LogP contribution in [-0.4, -0.2) is 76.3 Å². The van der Waals surface area contributed by atoms with E-state index in [9.17, 15) is 0 Å². The van der Waals surface area contributed by atoms with Crippen LogP contribution in [0.1, 0.15) is 26.7 Å². The first-order valence-corrected chi connectivity index (χ1v) is 8.19. The Bertz CT molecular complexity index is 313. The van der Waals surface area contributed by atoms with Gasteiger partial charge in [-0.3, -0.25) is 4.99 Å². The summed E-state index contributed by atoms with van der Waals surface area (Å²) in [6.45, 7) is 10.6. The van der Waals surface area contributed by atoms with Crippen molar-refractivity contribution < 1.29 is 4.74 Å². The van der Waals surface area contributed by atoms with Crippen LogP contribution < -0.4 is 5.32 Å². The predicted octanol–water partition coefficient (Wildman–Crippen LogP) is 2.13. The van der Waals surface area contributed by atoms with Gasteiger partial charge in [0.05, 0.1) is 6.61 Å². The molecule has 132 valence electrons. The molecule has 1 fully saturated rings. The van der Waals surface area contributed by atoms with Gasteiger partial charge in [0, 0.05) is 46.9 Å². The van der Waals surface area contributed by atoms with Gasteiger partial charge in [0.1, 0.15) is 0 Å². The van der Waals surface area contributed by atoms with Crippen molar-refractivity contribution >= 4 is 29.9 Å². The van der Waals surface area contributed by atoms with E-state index in [0.29, 0.717) is 0 Å². The second-order valence-electron chi connectivity index (χ2n) is 6.50. The molecular formula is C16H35IN4O. The van der Waals surface area contributed by atoms with Crippen molar-refractivity contribution in [2.75, 3.05) is 60.5 Å². The van der Waals surface area contributed by atoms with Crippen molar-refractivity contribution in [2.45, 2.75) is 26.7 Å². The Balaban J connectivity index is 0.00000441. The van der Waals surface area contributed by atoms with Crippen LogP contribution in [0.3, 0.4) is 0 Å². The number of methoxy groups -OCH3 is 1. The zero-order valence-electron chi connectivity index (χ0n) is 15.0. The SMILES string of the molecule is CN=C(NCCN(C)CCOC)N1CCC(CC(C)C)C1.I. The number of rotatable bonds is 8. The highest BCUT2D eigenvalue weighted by Crippen LogP contribution is 2.23. The number of aliphatic imine (C=N–C) groups is 1.